The zero-order chi connectivity index (χ0) is 92.6. The van der Waals surface area contributed by atoms with Gasteiger partial charge in [0.05, 0.1) is 72.2 Å². The van der Waals surface area contributed by atoms with Gasteiger partial charge in [0.2, 0.25) is 17.8 Å². The van der Waals surface area contributed by atoms with Gasteiger partial charge in [-0.25, -0.2) is 24.9 Å². The van der Waals surface area contributed by atoms with Crippen LogP contribution in [0, 0.1) is 13.8 Å². The number of nitrogens with zero attached hydrogens (tertiary/aromatic N) is 12. The summed E-state index contributed by atoms with van der Waals surface area (Å²) in [7, 11) is 0. The van der Waals surface area contributed by atoms with E-state index in [9.17, 15) is 0 Å². The fourth-order valence-corrected chi connectivity index (χ4v) is 22.3. The van der Waals surface area contributed by atoms with Crippen LogP contribution in [0.1, 0.15) is 11.1 Å². The normalized spacial score (nSPS) is 11.8. The lowest BCUT2D eigenvalue weighted by Gasteiger charge is -2.13. The van der Waals surface area contributed by atoms with E-state index in [2.05, 4.69) is 437 Å². The van der Waals surface area contributed by atoms with Crippen LogP contribution < -0.4 is 0 Å². The van der Waals surface area contributed by atoms with Gasteiger partial charge in [0.15, 0.2) is 11.6 Å². The Morgan fingerprint density at radius 1 is 0.179 bits per heavy atom. The number of para-hydroxylation sites is 4. The van der Waals surface area contributed by atoms with Gasteiger partial charge >= 0.3 is 0 Å². The lowest BCUT2D eigenvalue weighted by Crippen LogP contribution is -2.07. The molecule has 0 spiro atoms. The van der Waals surface area contributed by atoms with E-state index in [0.29, 0.717) is 29.5 Å². The average Bonchev–Trinajstić information content (AvgIpc) is 1.50. The first kappa shape index (κ1) is 81.2. The Kier molecular flexibility index (Phi) is 19.3. The molecule has 0 radical (unpaired) electrons. The Hall–Kier alpha value is -18.4. The number of rotatable bonds is 14. The largest absolute Gasteiger partial charge is 0.309 e. The molecule has 28 rings (SSSR count). The van der Waals surface area contributed by atoms with Crippen LogP contribution in [-0.2, 0) is 0 Å². The summed E-state index contributed by atoms with van der Waals surface area (Å²) in [6.45, 7) is 4.35. The number of hydrogen-bond donors (Lipinski definition) is 0. The average molecular weight is 1810 g/mol. The molecule has 9 aromatic heterocycles. The first-order valence-electron chi connectivity index (χ1n) is 47.3. The highest BCUT2D eigenvalue weighted by Crippen LogP contribution is 2.48. The third-order valence-electron chi connectivity index (χ3n) is 27.6. The number of aromatic nitrogens is 12. The lowest BCUT2D eigenvalue weighted by molar-refractivity contribution is 0.953. The molecule has 0 fully saturated rings. The summed E-state index contributed by atoms with van der Waals surface area (Å²) >= 11 is 1.85. The second-order valence-electron chi connectivity index (χ2n) is 36.1. The molecule has 0 atom stereocenters. The van der Waals surface area contributed by atoms with Crippen LogP contribution in [0.5, 0.6) is 0 Å². The minimum Gasteiger partial charge on any atom is -0.309 e. The molecular formula is C127H82N12S. The Morgan fingerprint density at radius 2 is 0.550 bits per heavy atom. The lowest BCUT2D eigenvalue weighted by atomic mass is 9.98. The van der Waals surface area contributed by atoms with Gasteiger partial charge in [0, 0.05) is 119 Å². The molecule has 0 N–H and O–H groups in total. The van der Waals surface area contributed by atoms with Crippen molar-refractivity contribution in [3.63, 3.8) is 0 Å². The maximum atomic E-state index is 5.37. The van der Waals surface area contributed by atoms with Crippen molar-refractivity contribution in [3.05, 3.63) is 472 Å². The monoisotopic (exact) mass is 1810 g/mol. The molecule has 12 nitrogen and oxygen atoms in total. The van der Waals surface area contributed by atoms with Crippen molar-refractivity contribution in [1.82, 2.24) is 57.7 Å². The summed E-state index contributed by atoms with van der Waals surface area (Å²) in [6.07, 6.45) is 1.90. The molecule has 0 aliphatic carbocycles. The molecular weight excluding hydrogens is 1730 g/mol. The minimum atomic E-state index is 0.538. The first-order valence-corrected chi connectivity index (χ1v) is 48.1. The predicted octanol–water partition coefficient (Wildman–Crippen LogP) is 32.6. The summed E-state index contributed by atoms with van der Waals surface area (Å²) in [4.78, 5) is 36.7. The molecule has 656 valence electrons. The number of benzene rings is 19. The predicted molar refractivity (Wildman–Crippen MR) is 580 cm³/mol. The molecule has 13 heteroatoms. The third kappa shape index (κ3) is 13.8. The standard InChI is InChI=1S/C67H42N8.C60H40N4S/c1-6-20-43(21-7-1)56-42-57(44-22-8-2-9-23-44)69-66(68-56)74-59-33-19-17-31-51(59)54-40-47(34-38-60(54)74)48-35-39-61-55(41-48)53-37-36-52-50-30-16-18-32-58(50)73(49-28-14-5-15-29-49)62(52)63(53)75(61)67-71-64(45-24-10-3-11-25-45)70-65(72-67)46-26-12-4-13-27-46;1-37-29-38(2)31-46(30-37)63-54-17-8-6-15-47(54)49-33-43(23-25-55(49)63)44-24-26-56-50(34-44)51-36-59-52(48-16-7-9-18-58(48)65-59)35-57(51)64(56)60-61-28-27-53(62-60)45-14-10-13-42(32-45)41-21-19-40(20-22-41)39-11-4-3-5-12-39/h1-42H;3-36H,1-2H3. The summed E-state index contributed by atoms with van der Waals surface area (Å²) in [5.41, 5.74) is 32.4. The number of thiophene rings is 1. The van der Waals surface area contributed by atoms with Crippen molar-refractivity contribution in [2.45, 2.75) is 13.8 Å². The molecule has 140 heavy (non-hydrogen) atoms. The van der Waals surface area contributed by atoms with Gasteiger partial charge < -0.3 is 9.13 Å². The van der Waals surface area contributed by atoms with Crippen molar-refractivity contribution in [2.24, 2.45) is 0 Å². The third-order valence-corrected chi connectivity index (χ3v) is 28.7. The van der Waals surface area contributed by atoms with E-state index in [1.165, 1.54) is 97.2 Å². The van der Waals surface area contributed by atoms with Gasteiger partial charge in [-0.3, -0.25) is 13.7 Å². The molecule has 0 saturated heterocycles. The minimum absolute atomic E-state index is 0.538. The molecule has 0 saturated carbocycles. The zero-order valence-corrected chi connectivity index (χ0v) is 77.0. The van der Waals surface area contributed by atoms with Crippen LogP contribution >= 0.6 is 11.3 Å². The van der Waals surface area contributed by atoms with Gasteiger partial charge in [-0.15, -0.1) is 11.3 Å². The summed E-state index contributed by atoms with van der Waals surface area (Å²) in [5.74, 6) is 3.00. The van der Waals surface area contributed by atoms with Crippen molar-refractivity contribution < 1.29 is 0 Å². The molecule has 0 unspecified atom stereocenters. The van der Waals surface area contributed by atoms with Gasteiger partial charge in [0.1, 0.15) is 0 Å². The SMILES string of the molecule is Cc1cc(C)cc(-n2c3ccccc3c3cc(-c4ccc5c(c4)c4cc6sc7ccccc7c6cc4n5-c4nccc(-c5cccc(-c6ccc(-c7ccccc7)cc6)c5)n4)ccc32)c1.c1ccc(-c2cc(-c3ccccc3)nc(-n3c4ccccc4c4cc(-c5ccc6c(c5)c5ccc7c8ccccc8n(-c8ccccc8)c7c5n6-c5nc(-c6ccccc6)nc(-c6ccccc6)n5)ccc43)n2)cc1. The maximum absolute atomic E-state index is 5.37. The maximum Gasteiger partial charge on any atom is 0.238 e. The van der Waals surface area contributed by atoms with E-state index < -0.39 is 0 Å². The zero-order valence-electron chi connectivity index (χ0n) is 76.2. The Morgan fingerprint density at radius 3 is 1.11 bits per heavy atom. The second kappa shape index (κ2) is 33.3. The number of aryl methyl sites for hydroxylation is 2. The van der Waals surface area contributed by atoms with Gasteiger partial charge in [-0.1, -0.05) is 328 Å². The molecule has 0 aliphatic rings. The second-order valence-corrected chi connectivity index (χ2v) is 37.2. The molecule has 0 bridgehead atoms. The molecule has 0 amide bonds. The molecule has 19 aromatic carbocycles. The quantitative estimate of drug-likeness (QED) is 0.106. The van der Waals surface area contributed by atoms with E-state index >= 15 is 0 Å². The van der Waals surface area contributed by atoms with Crippen LogP contribution in [0.25, 0.3) is 259 Å². The van der Waals surface area contributed by atoms with Crippen molar-refractivity contribution >= 4 is 141 Å². The fraction of sp³-hybridized carbons (Fsp3) is 0.0157. The van der Waals surface area contributed by atoms with Crippen molar-refractivity contribution in [2.75, 3.05) is 0 Å². The van der Waals surface area contributed by atoms with Gasteiger partial charge in [0.25, 0.3) is 0 Å². The van der Waals surface area contributed by atoms with E-state index in [-0.39, 0.29) is 0 Å². The highest BCUT2D eigenvalue weighted by molar-refractivity contribution is 7.25. The Labute approximate surface area is 808 Å². The van der Waals surface area contributed by atoms with E-state index in [1.807, 2.05) is 72.1 Å². The van der Waals surface area contributed by atoms with E-state index in [4.69, 9.17) is 34.9 Å². The van der Waals surface area contributed by atoms with Gasteiger partial charge in [-0.05, 0) is 197 Å². The summed E-state index contributed by atoms with van der Waals surface area (Å²) in [5, 5.41) is 14.1. The van der Waals surface area contributed by atoms with Crippen LogP contribution in [0.3, 0.4) is 0 Å². The Balaban J connectivity index is 0.000000142. The molecule has 28 aromatic rings. The van der Waals surface area contributed by atoms with Crippen LogP contribution in [0.4, 0.5) is 0 Å². The van der Waals surface area contributed by atoms with Crippen molar-refractivity contribution in [1.29, 1.82) is 0 Å². The van der Waals surface area contributed by atoms with E-state index in [0.717, 1.165) is 144 Å². The smallest absolute Gasteiger partial charge is 0.238 e. The highest BCUT2D eigenvalue weighted by Gasteiger charge is 2.28. The number of hydrogen-bond acceptors (Lipinski definition) is 8. The van der Waals surface area contributed by atoms with Gasteiger partial charge in [-0.2, -0.15) is 9.97 Å². The number of fused-ring (bicyclic) bond motifs is 19. The molecule has 0 aliphatic heterocycles. The molecule has 9 heterocycles. The Bertz CT molecular complexity index is 9690. The topological polar surface area (TPSA) is 115 Å². The summed E-state index contributed by atoms with van der Waals surface area (Å²) < 4.78 is 14.1. The van der Waals surface area contributed by atoms with E-state index in [1.54, 1.807) is 0 Å². The van der Waals surface area contributed by atoms with Crippen molar-refractivity contribution in [3.8, 4) is 130 Å². The van der Waals surface area contributed by atoms with Crippen LogP contribution in [0.15, 0.2) is 461 Å². The first-order chi connectivity index (χ1) is 69.2. The van der Waals surface area contributed by atoms with Crippen LogP contribution in [-0.4, -0.2) is 57.7 Å². The highest BCUT2D eigenvalue weighted by atomic mass is 32.1. The summed E-state index contributed by atoms with van der Waals surface area (Å²) in [6, 6.07) is 162. The van der Waals surface area contributed by atoms with Crippen LogP contribution in [0.2, 0.25) is 0 Å². The fourth-order valence-electron chi connectivity index (χ4n) is 21.2.